The first kappa shape index (κ1) is 31.5. The molecule has 200 valence electrons. The molecule has 15 N–H and O–H groups in total. The van der Waals surface area contributed by atoms with Crippen LogP contribution in [0.25, 0.3) is 0 Å². The summed E-state index contributed by atoms with van der Waals surface area (Å²) in [5.74, 6) is -4.92. The van der Waals surface area contributed by atoms with Crippen molar-refractivity contribution in [2.45, 2.75) is 62.7 Å². The van der Waals surface area contributed by atoms with Gasteiger partial charge in [0.25, 0.3) is 0 Å². The number of nitrogens with one attached hydrogen (secondary N) is 3. The topological polar surface area (TPSA) is 304 Å². The highest BCUT2D eigenvalue weighted by Gasteiger charge is 2.30. The van der Waals surface area contributed by atoms with E-state index >= 15 is 0 Å². The summed E-state index contributed by atoms with van der Waals surface area (Å²) < 4.78 is 0. The second kappa shape index (κ2) is 17.0. The number of carboxylic acids is 1. The smallest absolute Gasteiger partial charge is 0.326 e. The summed E-state index contributed by atoms with van der Waals surface area (Å²) >= 11 is 0. The maximum Gasteiger partial charge on any atom is 0.326 e. The predicted molar refractivity (Wildman–Crippen MR) is 125 cm³/mol. The van der Waals surface area contributed by atoms with Gasteiger partial charge in [-0.3, -0.25) is 24.2 Å². The molecule has 0 saturated carbocycles. The number of aliphatic hydroxyl groups excluding tert-OH is 1. The van der Waals surface area contributed by atoms with Crippen LogP contribution in [-0.2, 0) is 24.0 Å². The Hall–Kier alpha value is -3.50. The summed E-state index contributed by atoms with van der Waals surface area (Å²) in [6, 6.07) is -5.31. The van der Waals surface area contributed by atoms with Gasteiger partial charge in [0.15, 0.2) is 5.96 Å². The van der Waals surface area contributed by atoms with Gasteiger partial charge in [0, 0.05) is 6.54 Å². The lowest BCUT2D eigenvalue weighted by Gasteiger charge is -2.24. The van der Waals surface area contributed by atoms with E-state index in [1.807, 2.05) is 0 Å². The number of hydrogen-bond donors (Lipinski definition) is 10. The molecule has 0 heterocycles. The van der Waals surface area contributed by atoms with E-state index in [2.05, 4.69) is 20.9 Å². The Labute approximate surface area is 202 Å². The molecule has 0 rings (SSSR count). The lowest BCUT2D eigenvalue weighted by atomic mass is 10.1. The second-order valence-electron chi connectivity index (χ2n) is 7.71. The Morgan fingerprint density at radius 1 is 0.800 bits per heavy atom. The summed E-state index contributed by atoms with van der Waals surface area (Å²) in [5.41, 5.74) is 26.4. The average Bonchev–Trinajstić information content (AvgIpc) is 2.77. The highest BCUT2D eigenvalue weighted by atomic mass is 16.4. The minimum atomic E-state index is -1.51. The zero-order valence-electron chi connectivity index (χ0n) is 19.4. The van der Waals surface area contributed by atoms with Crippen molar-refractivity contribution in [3.05, 3.63) is 0 Å². The zero-order chi connectivity index (χ0) is 27.0. The summed E-state index contributed by atoms with van der Waals surface area (Å²) in [4.78, 5) is 63.7. The third-order valence-electron chi connectivity index (χ3n) is 4.71. The summed E-state index contributed by atoms with van der Waals surface area (Å²) in [6.07, 6.45) is 0.910. The molecule has 4 unspecified atom stereocenters. The van der Waals surface area contributed by atoms with Crippen LogP contribution in [0.1, 0.15) is 38.5 Å². The molecular weight excluding hydrogens is 466 g/mol. The van der Waals surface area contributed by atoms with Crippen molar-refractivity contribution in [3.8, 4) is 0 Å². The first-order chi connectivity index (χ1) is 16.4. The number of hydrogen-bond acceptors (Lipinski definition) is 9. The number of carbonyl (C=O) groups excluding carboxylic acids is 4. The number of guanidine groups is 1. The number of aliphatic hydroxyl groups is 1. The summed E-state index contributed by atoms with van der Waals surface area (Å²) in [6.45, 7) is -0.357. The van der Waals surface area contributed by atoms with Crippen molar-refractivity contribution in [2.75, 3.05) is 19.7 Å². The molecule has 16 heteroatoms. The van der Waals surface area contributed by atoms with E-state index < -0.39 is 66.8 Å². The molecule has 0 aliphatic carbocycles. The molecule has 0 aromatic carbocycles. The van der Waals surface area contributed by atoms with Crippen LogP contribution >= 0.6 is 0 Å². The first-order valence-electron chi connectivity index (χ1n) is 11.0. The molecule has 4 amide bonds. The first-order valence-corrected chi connectivity index (χ1v) is 11.0. The quantitative estimate of drug-likeness (QED) is 0.0479. The van der Waals surface area contributed by atoms with Crippen molar-refractivity contribution >= 4 is 35.6 Å². The minimum Gasteiger partial charge on any atom is -0.480 e. The van der Waals surface area contributed by atoms with Crippen molar-refractivity contribution < 1.29 is 34.2 Å². The summed E-state index contributed by atoms with van der Waals surface area (Å²) in [5, 5.41) is 25.8. The largest absolute Gasteiger partial charge is 0.480 e. The van der Waals surface area contributed by atoms with Gasteiger partial charge in [-0.15, -0.1) is 0 Å². The van der Waals surface area contributed by atoms with Crippen molar-refractivity contribution in [1.29, 1.82) is 0 Å². The van der Waals surface area contributed by atoms with E-state index in [9.17, 15) is 34.2 Å². The van der Waals surface area contributed by atoms with E-state index in [4.69, 9.17) is 28.7 Å². The Kier molecular flexibility index (Phi) is 15.3. The SMILES string of the molecule is NCCCCC(NC(=O)C(CCCN=C(N)N)NC(=O)C(CO)NC(=O)C(N)CC(N)=O)C(=O)O. The van der Waals surface area contributed by atoms with Gasteiger partial charge in [0.2, 0.25) is 23.6 Å². The Balaban J connectivity index is 5.38. The fraction of sp³-hybridized carbons (Fsp3) is 0.684. The van der Waals surface area contributed by atoms with Gasteiger partial charge in [-0.25, -0.2) is 4.79 Å². The number of rotatable bonds is 18. The average molecular weight is 504 g/mol. The number of primary amides is 1. The second-order valence-corrected chi connectivity index (χ2v) is 7.71. The Morgan fingerprint density at radius 3 is 1.86 bits per heavy atom. The van der Waals surface area contributed by atoms with Crippen LogP contribution in [0.3, 0.4) is 0 Å². The van der Waals surface area contributed by atoms with Gasteiger partial charge >= 0.3 is 5.97 Å². The molecule has 0 aromatic rings. The Bertz CT molecular complexity index is 759. The number of carbonyl (C=O) groups is 5. The van der Waals surface area contributed by atoms with Crippen LogP contribution < -0.4 is 44.6 Å². The van der Waals surface area contributed by atoms with E-state index in [1.54, 1.807) is 0 Å². The molecule has 0 bridgehead atoms. The van der Waals surface area contributed by atoms with Gasteiger partial charge in [-0.2, -0.15) is 0 Å². The van der Waals surface area contributed by atoms with E-state index in [0.717, 1.165) is 0 Å². The fourth-order valence-electron chi connectivity index (χ4n) is 2.85. The zero-order valence-corrected chi connectivity index (χ0v) is 19.4. The molecule has 0 aliphatic heterocycles. The molecule has 0 spiro atoms. The maximum atomic E-state index is 12.8. The third kappa shape index (κ3) is 13.7. The monoisotopic (exact) mass is 503 g/mol. The molecule has 0 saturated heterocycles. The van der Waals surface area contributed by atoms with E-state index in [1.165, 1.54) is 0 Å². The lowest BCUT2D eigenvalue weighted by molar-refractivity contribution is -0.142. The van der Waals surface area contributed by atoms with Gasteiger partial charge < -0.3 is 54.8 Å². The van der Waals surface area contributed by atoms with Crippen LogP contribution in [0.5, 0.6) is 0 Å². The minimum absolute atomic E-state index is 0.0107. The number of aliphatic imine (C=N–C) groups is 1. The molecule has 0 fully saturated rings. The molecule has 16 nitrogen and oxygen atoms in total. The van der Waals surface area contributed by atoms with Gasteiger partial charge in [0.1, 0.15) is 18.1 Å². The summed E-state index contributed by atoms with van der Waals surface area (Å²) in [7, 11) is 0. The molecule has 35 heavy (non-hydrogen) atoms. The number of aliphatic carboxylic acids is 1. The van der Waals surface area contributed by atoms with Gasteiger partial charge in [0.05, 0.1) is 19.1 Å². The van der Waals surface area contributed by atoms with Crippen LogP contribution in [0.2, 0.25) is 0 Å². The van der Waals surface area contributed by atoms with Gasteiger partial charge in [-0.1, -0.05) is 0 Å². The number of nitrogens with zero attached hydrogens (tertiary/aromatic N) is 1. The van der Waals surface area contributed by atoms with E-state index in [0.29, 0.717) is 19.4 Å². The Morgan fingerprint density at radius 2 is 1.34 bits per heavy atom. The molecular formula is C19H37N9O7. The molecule has 4 atom stereocenters. The van der Waals surface area contributed by atoms with Gasteiger partial charge in [-0.05, 0) is 38.6 Å². The number of unbranched alkanes of at least 4 members (excludes halogenated alkanes) is 1. The highest BCUT2D eigenvalue weighted by Crippen LogP contribution is 2.05. The molecule has 0 aromatic heterocycles. The van der Waals surface area contributed by atoms with Crippen molar-refractivity contribution in [3.63, 3.8) is 0 Å². The van der Waals surface area contributed by atoms with E-state index in [-0.39, 0.29) is 31.8 Å². The van der Waals surface area contributed by atoms with Crippen molar-refractivity contribution in [2.24, 2.45) is 33.7 Å². The fourth-order valence-corrected chi connectivity index (χ4v) is 2.85. The standard InChI is InChI=1S/C19H37N9O7/c20-6-2-1-4-12(18(34)35)27-16(32)11(5-3-7-25-19(23)24)26-17(33)13(9-29)28-15(31)10(21)8-14(22)30/h10-13,29H,1-9,20-21H2,(H2,22,30)(H,26,33)(H,27,32)(H,28,31)(H,34,35)(H4,23,24,25). The number of nitrogens with two attached hydrogens (primary N) is 5. The number of carboxylic acid groups (broad SMARTS) is 1. The number of amides is 4. The van der Waals surface area contributed by atoms with Crippen LogP contribution in [0.15, 0.2) is 4.99 Å². The molecule has 0 aliphatic rings. The van der Waals surface area contributed by atoms with Crippen LogP contribution in [-0.4, -0.2) is 89.6 Å². The third-order valence-corrected chi connectivity index (χ3v) is 4.71. The maximum absolute atomic E-state index is 12.8. The van der Waals surface area contributed by atoms with Crippen LogP contribution in [0.4, 0.5) is 0 Å². The molecule has 0 radical (unpaired) electrons. The normalized spacial score (nSPS) is 14.0. The highest BCUT2D eigenvalue weighted by molar-refractivity contribution is 5.95. The van der Waals surface area contributed by atoms with Crippen LogP contribution in [0, 0.1) is 0 Å². The van der Waals surface area contributed by atoms with Crippen molar-refractivity contribution in [1.82, 2.24) is 16.0 Å². The predicted octanol–water partition coefficient (Wildman–Crippen LogP) is -5.10. The lowest BCUT2D eigenvalue weighted by Crippen LogP contribution is -2.58.